The third kappa shape index (κ3) is 2.78. The van der Waals surface area contributed by atoms with Crippen LogP contribution in [0.3, 0.4) is 0 Å². The van der Waals surface area contributed by atoms with E-state index in [4.69, 9.17) is 0 Å². The molecule has 0 radical (unpaired) electrons. The van der Waals surface area contributed by atoms with Gasteiger partial charge in [0.2, 0.25) is 11.9 Å². The van der Waals surface area contributed by atoms with Crippen LogP contribution in [0.4, 0.5) is 5.95 Å². The molecule has 3 heterocycles. The van der Waals surface area contributed by atoms with Crippen molar-refractivity contribution in [3.8, 4) is 0 Å². The number of anilines is 1. The topological polar surface area (TPSA) is 104 Å². The summed E-state index contributed by atoms with van der Waals surface area (Å²) in [7, 11) is 0. The second-order valence-electron chi connectivity index (χ2n) is 7.05. The van der Waals surface area contributed by atoms with E-state index in [0.29, 0.717) is 17.8 Å². The highest BCUT2D eigenvalue weighted by Crippen LogP contribution is 2.52. The van der Waals surface area contributed by atoms with Crippen LogP contribution in [0.15, 0.2) is 35.1 Å². The van der Waals surface area contributed by atoms with Gasteiger partial charge in [-0.25, -0.2) is 4.98 Å². The molecule has 136 valence electrons. The van der Waals surface area contributed by atoms with E-state index in [-0.39, 0.29) is 29.7 Å². The van der Waals surface area contributed by atoms with Crippen molar-refractivity contribution >= 4 is 44.7 Å². The average molecular weight is 427 g/mol. The molecule has 2 aromatic heterocycles. The lowest BCUT2D eigenvalue weighted by molar-refractivity contribution is -0.117. The first-order valence-electron chi connectivity index (χ1n) is 8.59. The quantitative estimate of drug-likeness (QED) is 0.668. The van der Waals surface area contributed by atoms with Gasteiger partial charge in [0.25, 0.3) is 5.91 Å². The molecule has 2 aliphatic rings. The van der Waals surface area contributed by atoms with Crippen molar-refractivity contribution in [3.63, 3.8) is 0 Å². The van der Waals surface area contributed by atoms with Crippen molar-refractivity contribution in [1.82, 2.24) is 25.1 Å². The van der Waals surface area contributed by atoms with Gasteiger partial charge in [0.15, 0.2) is 5.65 Å². The third-order valence-corrected chi connectivity index (χ3v) is 5.69. The summed E-state index contributed by atoms with van der Waals surface area (Å²) in [6.45, 7) is 0.531. The Morgan fingerprint density at radius 2 is 2.19 bits per heavy atom. The molecular formula is C18H15BrN6O2. The molecule has 0 atom stereocenters. The smallest absolute Gasteiger partial charge is 0.254 e. The first-order chi connectivity index (χ1) is 13.0. The van der Waals surface area contributed by atoms with Crippen LogP contribution in [0.2, 0.25) is 0 Å². The van der Waals surface area contributed by atoms with E-state index in [0.717, 1.165) is 28.3 Å². The molecule has 2 N–H and O–H groups in total. The van der Waals surface area contributed by atoms with Gasteiger partial charge in [0.05, 0.1) is 11.6 Å². The first kappa shape index (κ1) is 16.4. The molecule has 1 fully saturated rings. The van der Waals surface area contributed by atoms with Gasteiger partial charge in [0.1, 0.15) is 6.54 Å². The van der Waals surface area contributed by atoms with Gasteiger partial charge >= 0.3 is 0 Å². The molecule has 0 unspecified atom stereocenters. The van der Waals surface area contributed by atoms with Crippen LogP contribution < -0.4 is 5.32 Å². The number of carbonyl (C=O) groups excluding carboxylic acids is 2. The lowest BCUT2D eigenvalue weighted by Crippen LogP contribution is -2.46. The molecular weight excluding hydrogens is 412 g/mol. The largest absolute Gasteiger partial charge is 0.328 e. The molecule has 0 saturated heterocycles. The molecule has 1 spiro atoms. The zero-order valence-electron chi connectivity index (χ0n) is 14.2. The van der Waals surface area contributed by atoms with Crippen LogP contribution in [0, 0.1) is 0 Å². The summed E-state index contributed by atoms with van der Waals surface area (Å²) in [4.78, 5) is 35.3. The fraction of sp³-hybridized carbons (Fsp3) is 0.278. The van der Waals surface area contributed by atoms with Crippen molar-refractivity contribution in [1.29, 1.82) is 0 Å². The predicted octanol–water partition coefficient (Wildman–Crippen LogP) is 2.24. The highest BCUT2D eigenvalue weighted by Gasteiger charge is 2.51. The number of nitrogens with one attached hydrogen (secondary N) is 2. The molecule has 3 aromatic rings. The second kappa shape index (κ2) is 5.85. The van der Waals surface area contributed by atoms with E-state index in [1.54, 1.807) is 17.3 Å². The number of amides is 2. The molecule has 8 nitrogen and oxygen atoms in total. The molecule has 27 heavy (non-hydrogen) atoms. The van der Waals surface area contributed by atoms with Gasteiger partial charge in [-0.15, -0.1) is 0 Å². The van der Waals surface area contributed by atoms with Crippen molar-refractivity contribution in [3.05, 3.63) is 46.2 Å². The minimum Gasteiger partial charge on any atom is -0.328 e. The summed E-state index contributed by atoms with van der Waals surface area (Å²) >= 11 is 3.49. The monoisotopic (exact) mass is 426 g/mol. The van der Waals surface area contributed by atoms with Gasteiger partial charge in [-0.1, -0.05) is 15.9 Å². The van der Waals surface area contributed by atoms with Crippen LogP contribution in [0.5, 0.6) is 0 Å². The number of rotatable bonds is 3. The molecule has 0 bridgehead atoms. The molecule has 1 aromatic carbocycles. The minimum atomic E-state index is -0.321. The summed E-state index contributed by atoms with van der Waals surface area (Å²) in [5, 5.41) is 10.0. The van der Waals surface area contributed by atoms with Crippen LogP contribution in [-0.4, -0.2) is 50.0 Å². The summed E-state index contributed by atoms with van der Waals surface area (Å²) in [5.41, 5.74) is 2.31. The molecule has 2 amide bonds. The summed E-state index contributed by atoms with van der Waals surface area (Å²) < 4.78 is 0.970. The van der Waals surface area contributed by atoms with Crippen LogP contribution in [-0.2, 0) is 10.2 Å². The van der Waals surface area contributed by atoms with Gasteiger partial charge < -0.3 is 4.90 Å². The summed E-state index contributed by atoms with van der Waals surface area (Å²) in [6.07, 6.45) is 5.25. The second-order valence-corrected chi connectivity index (χ2v) is 7.96. The Morgan fingerprint density at radius 1 is 1.33 bits per heavy atom. The number of benzene rings is 1. The van der Waals surface area contributed by atoms with E-state index in [9.17, 15) is 9.59 Å². The number of H-pyrrole nitrogens is 1. The normalized spacial score (nSPS) is 17.2. The molecule has 1 aliphatic carbocycles. The Labute approximate surface area is 162 Å². The molecule has 1 aliphatic heterocycles. The fourth-order valence-electron chi connectivity index (χ4n) is 3.68. The Balaban J connectivity index is 1.35. The van der Waals surface area contributed by atoms with E-state index < -0.39 is 0 Å². The number of carbonyl (C=O) groups is 2. The first-order valence-corrected chi connectivity index (χ1v) is 9.39. The summed E-state index contributed by atoms with van der Waals surface area (Å²) in [5.74, 6) is -0.250. The summed E-state index contributed by atoms with van der Waals surface area (Å²) in [6, 6.07) is 5.73. The van der Waals surface area contributed by atoms with Gasteiger partial charge in [0, 0.05) is 28.2 Å². The maximum absolute atomic E-state index is 12.9. The van der Waals surface area contributed by atoms with Crippen LogP contribution in [0.1, 0.15) is 28.8 Å². The fourth-order valence-corrected chi connectivity index (χ4v) is 4.04. The van der Waals surface area contributed by atoms with Gasteiger partial charge in [-0.3, -0.25) is 20.0 Å². The zero-order chi connectivity index (χ0) is 18.6. The molecule has 1 saturated carbocycles. The number of aromatic nitrogens is 4. The lowest BCUT2D eigenvalue weighted by atomic mass is 9.86. The van der Waals surface area contributed by atoms with Crippen LogP contribution in [0.25, 0.3) is 11.0 Å². The number of nitrogens with zero attached hydrogens (tertiary/aromatic N) is 4. The zero-order valence-corrected chi connectivity index (χ0v) is 15.8. The van der Waals surface area contributed by atoms with E-state index in [2.05, 4.69) is 41.4 Å². The Morgan fingerprint density at radius 3 is 3.00 bits per heavy atom. The SMILES string of the molecule is O=C(CN1CC2(CC2)c2cc(Br)ccc2C1=O)Nc1ncc2cn[nH]c2n1. The Kier molecular flexibility index (Phi) is 3.55. The van der Waals surface area contributed by atoms with Crippen molar-refractivity contribution in [2.24, 2.45) is 0 Å². The van der Waals surface area contributed by atoms with Crippen LogP contribution >= 0.6 is 15.9 Å². The maximum atomic E-state index is 12.9. The number of hydrogen-bond acceptors (Lipinski definition) is 5. The minimum absolute atomic E-state index is 0.0152. The number of aromatic amines is 1. The highest BCUT2D eigenvalue weighted by atomic mass is 79.9. The number of fused-ring (bicyclic) bond motifs is 3. The van der Waals surface area contributed by atoms with E-state index in [1.807, 2.05) is 18.2 Å². The predicted molar refractivity (Wildman–Crippen MR) is 101 cm³/mol. The standard InChI is InChI=1S/C18H15BrN6O2/c19-11-1-2-12-13(5-11)18(3-4-18)9-25(16(12)27)8-14(26)22-17-20-6-10-7-21-24-15(10)23-17/h1-2,5-7H,3-4,8-9H2,(H2,20,21,22,23,24,26). The van der Waals surface area contributed by atoms with Crippen molar-refractivity contribution < 1.29 is 9.59 Å². The van der Waals surface area contributed by atoms with E-state index in [1.165, 1.54) is 0 Å². The lowest BCUT2D eigenvalue weighted by Gasteiger charge is -2.34. The number of hydrogen-bond donors (Lipinski definition) is 2. The maximum Gasteiger partial charge on any atom is 0.254 e. The van der Waals surface area contributed by atoms with E-state index >= 15 is 0 Å². The third-order valence-electron chi connectivity index (χ3n) is 5.19. The Bertz CT molecular complexity index is 1090. The van der Waals surface area contributed by atoms with Crippen molar-refractivity contribution in [2.75, 3.05) is 18.4 Å². The number of halogens is 1. The highest BCUT2D eigenvalue weighted by molar-refractivity contribution is 9.10. The van der Waals surface area contributed by atoms with Gasteiger partial charge in [-0.2, -0.15) is 10.1 Å². The Hall–Kier alpha value is -2.81. The van der Waals surface area contributed by atoms with Gasteiger partial charge in [-0.05, 0) is 36.6 Å². The average Bonchev–Trinajstić information content (AvgIpc) is 3.26. The molecule has 5 rings (SSSR count). The molecule has 9 heteroatoms. The van der Waals surface area contributed by atoms with Crippen molar-refractivity contribution in [2.45, 2.75) is 18.3 Å².